The second-order valence-corrected chi connectivity index (χ2v) is 5.64. The van der Waals surface area contributed by atoms with Crippen molar-refractivity contribution in [3.05, 3.63) is 0 Å². The maximum Gasteiger partial charge on any atom is 0.312 e. The molecular weight excluding hydrogens is 220 g/mol. The van der Waals surface area contributed by atoms with Gasteiger partial charge in [-0.05, 0) is 40.0 Å². The van der Waals surface area contributed by atoms with Crippen molar-refractivity contribution < 1.29 is 19.0 Å². The Kier molecular flexibility index (Phi) is 4.95. The standard InChI is InChI=1S/C13H24O4/c1-12(2,3)17-11(14)13(5-6-13)7-8-16-10-9-15-4/h5-10H2,1-4H3. The lowest BCUT2D eigenvalue weighted by Crippen LogP contribution is -2.30. The van der Waals surface area contributed by atoms with Crippen LogP contribution in [0.2, 0.25) is 0 Å². The van der Waals surface area contributed by atoms with Crippen molar-refractivity contribution in [2.75, 3.05) is 26.9 Å². The van der Waals surface area contributed by atoms with Gasteiger partial charge in [-0.25, -0.2) is 0 Å². The Balaban J connectivity index is 2.24. The van der Waals surface area contributed by atoms with E-state index in [1.807, 2.05) is 20.8 Å². The van der Waals surface area contributed by atoms with Gasteiger partial charge < -0.3 is 14.2 Å². The zero-order chi connectivity index (χ0) is 12.9. The maximum absolute atomic E-state index is 12.0. The summed E-state index contributed by atoms with van der Waals surface area (Å²) in [6, 6.07) is 0. The number of carbonyl (C=O) groups is 1. The van der Waals surface area contributed by atoms with Crippen LogP contribution in [0.1, 0.15) is 40.0 Å². The molecule has 4 heteroatoms. The number of hydrogen-bond donors (Lipinski definition) is 0. The fourth-order valence-electron chi connectivity index (χ4n) is 1.61. The van der Waals surface area contributed by atoms with Gasteiger partial charge in [-0.15, -0.1) is 0 Å². The Morgan fingerprint density at radius 1 is 1.18 bits per heavy atom. The Bertz CT molecular complexity index is 251. The second-order valence-electron chi connectivity index (χ2n) is 5.64. The molecule has 100 valence electrons. The van der Waals surface area contributed by atoms with Crippen LogP contribution in [-0.4, -0.2) is 38.5 Å². The van der Waals surface area contributed by atoms with E-state index in [2.05, 4.69) is 0 Å². The molecule has 1 saturated carbocycles. The van der Waals surface area contributed by atoms with Crippen molar-refractivity contribution in [2.45, 2.75) is 45.6 Å². The number of hydrogen-bond acceptors (Lipinski definition) is 4. The predicted molar refractivity (Wildman–Crippen MR) is 64.8 cm³/mol. The van der Waals surface area contributed by atoms with Crippen molar-refractivity contribution in [2.24, 2.45) is 5.41 Å². The minimum atomic E-state index is -0.399. The smallest absolute Gasteiger partial charge is 0.312 e. The Hall–Kier alpha value is -0.610. The molecule has 0 N–H and O–H groups in total. The number of carbonyl (C=O) groups excluding carboxylic acids is 1. The molecular formula is C13H24O4. The molecule has 0 amide bonds. The van der Waals surface area contributed by atoms with Gasteiger partial charge in [0.1, 0.15) is 5.60 Å². The van der Waals surface area contributed by atoms with E-state index in [0.717, 1.165) is 19.3 Å². The van der Waals surface area contributed by atoms with Gasteiger partial charge in [-0.2, -0.15) is 0 Å². The molecule has 1 aliphatic rings. The molecule has 0 atom stereocenters. The van der Waals surface area contributed by atoms with Crippen LogP contribution in [0.5, 0.6) is 0 Å². The first kappa shape index (κ1) is 14.5. The Morgan fingerprint density at radius 2 is 1.82 bits per heavy atom. The normalized spacial score (nSPS) is 17.9. The summed E-state index contributed by atoms with van der Waals surface area (Å²) in [6.07, 6.45) is 2.61. The molecule has 0 saturated heterocycles. The highest BCUT2D eigenvalue weighted by atomic mass is 16.6. The lowest BCUT2D eigenvalue weighted by molar-refractivity contribution is -0.162. The average molecular weight is 244 g/mol. The van der Waals surface area contributed by atoms with E-state index in [9.17, 15) is 4.79 Å². The molecule has 0 heterocycles. The molecule has 0 bridgehead atoms. The SMILES string of the molecule is COCCOCCC1(C(=O)OC(C)(C)C)CC1. The molecule has 0 unspecified atom stereocenters. The van der Waals surface area contributed by atoms with Gasteiger partial charge >= 0.3 is 5.97 Å². The predicted octanol–water partition coefficient (Wildman–Crippen LogP) is 2.16. The van der Waals surface area contributed by atoms with Crippen LogP contribution >= 0.6 is 0 Å². The highest BCUT2D eigenvalue weighted by Crippen LogP contribution is 2.50. The molecule has 17 heavy (non-hydrogen) atoms. The lowest BCUT2D eigenvalue weighted by atomic mass is 10.0. The maximum atomic E-state index is 12.0. The Labute approximate surface area is 104 Å². The van der Waals surface area contributed by atoms with E-state index < -0.39 is 5.60 Å². The number of rotatable bonds is 7. The van der Waals surface area contributed by atoms with Gasteiger partial charge in [-0.1, -0.05) is 0 Å². The summed E-state index contributed by atoms with van der Waals surface area (Å²) < 4.78 is 15.7. The summed E-state index contributed by atoms with van der Waals surface area (Å²) in [5.41, 5.74) is -0.663. The third-order valence-electron chi connectivity index (χ3n) is 2.84. The van der Waals surface area contributed by atoms with Crippen LogP contribution in [0.4, 0.5) is 0 Å². The molecule has 4 nitrogen and oxygen atoms in total. The first-order valence-corrected chi connectivity index (χ1v) is 6.20. The topological polar surface area (TPSA) is 44.8 Å². The quantitative estimate of drug-likeness (QED) is 0.508. The lowest BCUT2D eigenvalue weighted by Gasteiger charge is -2.23. The van der Waals surface area contributed by atoms with Gasteiger partial charge in [0.15, 0.2) is 0 Å². The largest absolute Gasteiger partial charge is 0.460 e. The summed E-state index contributed by atoms with van der Waals surface area (Å²) in [7, 11) is 1.65. The zero-order valence-corrected chi connectivity index (χ0v) is 11.4. The van der Waals surface area contributed by atoms with E-state index >= 15 is 0 Å². The van der Waals surface area contributed by atoms with Crippen molar-refractivity contribution >= 4 is 5.97 Å². The fraction of sp³-hybridized carbons (Fsp3) is 0.923. The monoisotopic (exact) mass is 244 g/mol. The van der Waals surface area contributed by atoms with Gasteiger partial charge in [0.2, 0.25) is 0 Å². The molecule has 0 aromatic carbocycles. The van der Waals surface area contributed by atoms with Crippen LogP contribution in [0.15, 0.2) is 0 Å². The number of esters is 1. The summed E-state index contributed by atoms with van der Waals surface area (Å²) in [5.74, 6) is -0.0691. The van der Waals surface area contributed by atoms with E-state index in [1.165, 1.54) is 0 Å². The molecule has 0 aliphatic heterocycles. The molecule has 0 aromatic heterocycles. The highest BCUT2D eigenvalue weighted by molar-refractivity contribution is 5.80. The van der Waals surface area contributed by atoms with Crippen molar-refractivity contribution in [3.8, 4) is 0 Å². The average Bonchev–Trinajstić information content (AvgIpc) is 2.96. The third-order valence-corrected chi connectivity index (χ3v) is 2.84. The summed E-state index contributed by atoms with van der Waals surface area (Å²) in [6.45, 7) is 7.48. The third kappa shape index (κ3) is 5.04. The van der Waals surface area contributed by atoms with Crippen LogP contribution < -0.4 is 0 Å². The highest BCUT2D eigenvalue weighted by Gasteiger charge is 2.51. The summed E-state index contributed by atoms with van der Waals surface area (Å²) >= 11 is 0. The first-order chi connectivity index (χ1) is 7.90. The van der Waals surface area contributed by atoms with Crippen LogP contribution in [0, 0.1) is 5.41 Å². The Morgan fingerprint density at radius 3 is 2.29 bits per heavy atom. The van der Waals surface area contributed by atoms with Crippen LogP contribution in [0.3, 0.4) is 0 Å². The summed E-state index contributed by atoms with van der Waals surface area (Å²) in [4.78, 5) is 12.0. The van der Waals surface area contributed by atoms with E-state index in [1.54, 1.807) is 7.11 Å². The molecule has 0 aromatic rings. The molecule has 1 fully saturated rings. The molecule has 1 aliphatic carbocycles. The van der Waals surface area contributed by atoms with Gasteiger partial charge in [0.05, 0.1) is 18.6 Å². The molecule has 0 radical (unpaired) electrons. The van der Waals surface area contributed by atoms with Gasteiger partial charge in [0.25, 0.3) is 0 Å². The fourth-order valence-corrected chi connectivity index (χ4v) is 1.61. The van der Waals surface area contributed by atoms with Crippen LogP contribution in [-0.2, 0) is 19.0 Å². The van der Waals surface area contributed by atoms with Gasteiger partial charge in [-0.3, -0.25) is 4.79 Å². The number of methoxy groups -OCH3 is 1. The minimum Gasteiger partial charge on any atom is -0.460 e. The molecule has 0 spiro atoms. The minimum absolute atomic E-state index is 0.0691. The molecule has 1 rings (SSSR count). The van der Waals surface area contributed by atoms with Gasteiger partial charge in [0, 0.05) is 13.7 Å². The zero-order valence-electron chi connectivity index (χ0n) is 11.4. The summed E-state index contributed by atoms with van der Waals surface area (Å²) in [5, 5.41) is 0. The second kappa shape index (κ2) is 5.83. The van der Waals surface area contributed by atoms with Crippen molar-refractivity contribution in [1.82, 2.24) is 0 Å². The van der Waals surface area contributed by atoms with E-state index in [-0.39, 0.29) is 11.4 Å². The van der Waals surface area contributed by atoms with Crippen molar-refractivity contribution in [3.63, 3.8) is 0 Å². The van der Waals surface area contributed by atoms with Crippen LogP contribution in [0.25, 0.3) is 0 Å². The van der Waals surface area contributed by atoms with E-state index in [4.69, 9.17) is 14.2 Å². The van der Waals surface area contributed by atoms with Crippen molar-refractivity contribution in [1.29, 1.82) is 0 Å². The first-order valence-electron chi connectivity index (χ1n) is 6.20. The van der Waals surface area contributed by atoms with E-state index in [0.29, 0.717) is 19.8 Å². The number of ether oxygens (including phenoxy) is 3.